The first kappa shape index (κ1) is 13.0. The first-order valence-electron chi connectivity index (χ1n) is 5.31. The van der Waals surface area contributed by atoms with Gasteiger partial charge < -0.3 is 14.7 Å². The summed E-state index contributed by atoms with van der Waals surface area (Å²) in [5.74, 6) is -1.41. The van der Waals surface area contributed by atoms with Gasteiger partial charge in [0.1, 0.15) is 0 Å². The maximum absolute atomic E-state index is 12.2. The third-order valence-electron chi connectivity index (χ3n) is 2.63. The standard InChI is InChI=1S/C11H11BrN2O4/c12-8-3-7(4-13-5-8)10(15)14-1-2-18-6-9(14)11(16)17/h3-5,9H,1-2,6H2,(H,16,17)/t9-/m0/s1. The fraction of sp³-hybridized carbons (Fsp3) is 0.364. The van der Waals surface area contributed by atoms with Crippen molar-refractivity contribution in [3.63, 3.8) is 0 Å². The van der Waals surface area contributed by atoms with Crippen molar-refractivity contribution in [2.75, 3.05) is 19.8 Å². The van der Waals surface area contributed by atoms with Gasteiger partial charge in [-0.15, -0.1) is 0 Å². The average molecular weight is 315 g/mol. The van der Waals surface area contributed by atoms with Crippen molar-refractivity contribution in [2.24, 2.45) is 0 Å². The normalized spacial score (nSPS) is 19.6. The molecule has 6 nitrogen and oxygen atoms in total. The number of morpholine rings is 1. The second-order valence-corrected chi connectivity index (χ2v) is 4.74. The van der Waals surface area contributed by atoms with Crippen LogP contribution in [0.25, 0.3) is 0 Å². The topological polar surface area (TPSA) is 79.7 Å². The van der Waals surface area contributed by atoms with Crippen LogP contribution in [-0.4, -0.2) is 52.7 Å². The number of halogens is 1. The lowest BCUT2D eigenvalue weighted by atomic mass is 10.1. The van der Waals surface area contributed by atoms with E-state index in [1.807, 2.05) is 0 Å². The van der Waals surface area contributed by atoms with Crippen molar-refractivity contribution < 1.29 is 19.4 Å². The molecule has 1 amide bonds. The number of carbonyl (C=O) groups excluding carboxylic acids is 1. The molecule has 0 radical (unpaired) electrons. The molecule has 1 aliphatic heterocycles. The van der Waals surface area contributed by atoms with Gasteiger partial charge in [0, 0.05) is 23.4 Å². The van der Waals surface area contributed by atoms with Crippen LogP contribution in [0.5, 0.6) is 0 Å². The van der Waals surface area contributed by atoms with Gasteiger partial charge in [0.05, 0.1) is 18.8 Å². The van der Waals surface area contributed by atoms with E-state index in [1.165, 1.54) is 11.1 Å². The molecule has 96 valence electrons. The summed E-state index contributed by atoms with van der Waals surface area (Å²) >= 11 is 3.22. The average Bonchev–Trinajstić information content (AvgIpc) is 2.38. The number of carbonyl (C=O) groups is 2. The van der Waals surface area contributed by atoms with Crippen LogP contribution in [-0.2, 0) is 9.53 Å². The zero-order chi connectivity index (χ0) is 13.1. The summed E-state index contributed by atoms with van der Waals surface area (Å²) in [7, 11) is 0. The molecule has 1 aliphatic rings. The Morgan fingerprint density at radius 1 is 1.50 bits per heavy atom. The van der Waals surface area contributed by atoms with E-state index in [1.54, 1.807) is 12.3 Å². The largest absolute Gasteiger partial charge is 0.480 e. The highest BCUT2D eigenvalue weighted by Gasteiger charge is 2.33. The molecule has 0 spiro atoms. The number of carboxylic acid groups (broad SMARTS) is 1. The number of rotatable bonds is 2. The van der Waals surface area contributed by atoms with Crippen molar-refractivity contribution in [3.05, 3.63) is 28.5 Å². The lowest BCUT2D eigenvalue weighted by Gasteiger charge is -2.32. The number of hydrogen-bond donors (Lipinski definition) is 1. The van der Waals surface area contributed by atoms with E-state index in [0.29, 0.717) is 16.6 Å². The van der Waals surface area contributed by atoms with Crippen molar-refractivity contribution in [1.29, 1.82) is 0 Å². The van der Waals surface area contributed by atoms with Crippen LogP contribution < -0.4 is 0 Å². The fourth-order valence-electron chi connectivity index (χ4n) is 1.75. The quantitative estimate of drug-likeness (QED) is 0.872. The van der Waals surface area contributed by atoms with Crippen molar-refractivity contribution >= 4 is 27.8 Å². The predicted octanol–water partition coefficient (Wildman–Crippen LogP) is 0.770. The Balaban J connectivity index is 2.23. The number of ether oxygens (including phenoxy) is 1. The summed E-state index contributed by atoms with van der Waals surface area (Å²) in [6.45, 7) is 0.627. The van der Waals surface area contributed by atoms with Gasteiger partial charge in [-0.3, -0.25) is 9.78 Å². The molecule has 0 saturated carbocycles. The number of carboxylic acids is 1. The number of aromatic nitrogens is 1. The molecule has 1 aromatic rings. The molecule has 1 N–H and O–H groups in total. The minimum Gasteiger partial charge on any atom is -0.480 e. The molecule has 1 saturated heterocycles. The van der Waals surface area contributed by atoms with E-state index >= 15 is 0 Å². The van der Waals surface area contributed by atoms with Gasteiger partial charge in [0.15, 0.2) is 6.04 Å². The highest BCUT2D eigenvalue weighted by atomic mass is 79.9. The lowest BCUT2D eigenvalue weighted by Crippen LogP contribution is -2.52. The molecule has 1 aromatic heterocycles. The summed E-state index contributed by atoms with van der Waals surface area (Å²) < 4.78 is 5.76. The molecule has 18 heavy (non-hydrogen) atoms. The zero-order valence-electron chi connectivity index (χ0n) is 9.38. The van der Waals surface area contributed by atoms with Gasteiger partial charge in [-0.05, 0) is 22.0 Å². The van der Waals surface area contributed by atoms with E-state index in [2.05, 4.69) is 20.9 Å². The fourth-order valence-corrected chi connectivity index (χ4v) is 2.11. The lowest BCUT2D eigenvalue weighted by molar-refractivity contribution is -0.147. The third kappa shape index (κ3) is 2.68. The van der Waals surface area contributed by atoms with Crippen LogP contribution in [0.3, 0.4) is 0 Å². The van der Waals surface area contributed by atoms with Gasteiger partial charge in [-0.2, -0.15) is 0 Å². The molecule has 0 bridgehead atoms. The summed E-state index contributed by atoms with van der Waals surface area (Å²) in [6.07, 6.45) is 2.98. The predicted molar refractivity (Wildman–Crippen MR) is 65.2 cm³/mol. The monoisotopic (exact) mass is 314 g/mol. The van der Waals surface area contributed by atoms with Crippen LogP contribution in [0.15, 0.2) is 22.9 Å². The van der Waals surface area contributed by atoms with Crippen LogP contribution in [0.2, 0.25) is 0 Å². The van der Waals surface area contributed by atoms with E-state index in [0.717, 1.165) is 0 Å². The Hall–Kier alpha value is -1.47. The number of pyridine rings is 1. The molecular weight excluding hydrogens is 304 g/mol. The molecule has 1 atom stereocenters. The van der Waals surface area contributed by atoms with E-state index < -0.39 is 12.0 Å². The second-order valence-electron chi connectivity index (χ2n) is 3.82. The Bertz CT molecular complexity index is 480. The molecule has 7 heteroatoms. The van der Waals surface area contributed by atoms with Gasteiger partial charge in [-0.25, -0.2) is 4.79 Å². The molecule has 0 unspecified atom stereocenters. The minimum absolute atomic E-state index is 0.0164. The van der Waals surface area contributed by atoms with Gasteiger partial charge in [0.2, 0.25) is 0 Å². The SMILES string of the molecule is O=C(O)[C@@H]1COCCN1C(=O)c1cncc(Br)c1. The maximum atomic E-state index is 12.2. The van der Waals surface area contributed by atoms with Gasteiger partial charge >= 0.3 is 5.97 Å². The van der Waals surface area contributed by atoms with Gasteiger partial charge in [0.25, 0.3) is 5.91 Å². The summed E-state index contributed by atoms with van der Waals surface area (Å²) in [4.78, 5) is 28.5. The molecular formula is C11H11BrN2O4. The Morgan fingerprint density at radius 3 is 2.94 bits per heavy atom. The number of nitrogens with zero attached hydrogens (tertiary/aromatic N) is 2. The number of aliphatic carboxylic acids is 1. The first-order valence-corrected chi connectivity index (χ1v) is 6.11. The van der Waals surface area contributed by atoms with Crippen LogP contribution in [0.4, 0.5) is 0 Å². The maximum Gasteiger partial charge on any atom is 0.328 e. The summed E-state index contributed by atoms with van der Waals surface area (Å²) in [5.41, 5.74) is 0.359. The highest BCUT2D eigenvalue weighted by molar-refractivity contribution is 9.10. The summed E-state index contributed by atoms with van der Waals surface area (Å²) in [6, 6.07) is 0.675. The van der Waals surface area contributed by atoms with Crippen molar-refractivity contribution in [1.82, 2.24) is 9.88 Å². The van der Waals surface area contributed by atoms with E-state index in [4.69, 9.17) is 9.84 Å². The van der Waals surface area contributed by atoms with Crippen LogP contribution in [0.1, 0.15) is 10.4 Å². The second kappa shape index (κ2) is 5.45. The van der Waals surface area contributed by atoms with Crippen molar-refractivity contribution in [2.45, 2.75) is 6.04 Å². The molecule has 0 aliphatic carbocycles. The third-order valence-corrected chi connectivity index (χ3v) is 3.06. The molecule has 2 heterocycles. The first-order chi connectivity index (χ1) is 8.59. The number of amides is 1. The van der Waals surface area contributed by atoms with E-state index in [-0.39, 0.29) is 19.1 Å². The molecule has 2 rings (SSSR count). The Kier molecular flexibility index (Phi) is 3.93. The highest BCUT2D eigenvalue weighted by Crippen LogP contribution is 2.15. The Morgan fingerprint density at radius 2 is 2.28 bits per heavy atom. The summed E-state index contributed by atoms with van der Waals surface area (Å²) in [5, 5.41) is 9.06. The van der Waals surface area contributed by atoms with E-state index in [9.17, 15) is 9.59 Å². The Labute approximate surface area is 112 Å². The van der Waals surface area contributed by atoms with Crippen LogP contribution >= 0.6 is 15.9 Å². The van der Waals surface area contributed by atoms with Gasteiger partial charge in [-0.1, -0.05) is 0 Å². The molecule has 1 fully saturated rings. The smallest absolute Gasteiger partial charge is 0.328 e. The number of hydrogen-bond acceptors (Lipinski definition) is 4. The van der Waals surface area contributed by atoms with Crippen LogP contribution in [0, 0.1) is 0 Å². The minimum atomic E-state index is -1.06. The van der Waals surface area contributed by atoms with Crippen molar-refractivity contribution in [3.8, 4) is 0 Å². The molecule has 0 aromatic carbocycles. The zero-order valence-corrected chi connectivity index (χ0v) is 11.0.